The van der Waals surface area contributed by atoms with Crippen molar-refractivity contribution in [1.82, 2.24) is 39.0 Å². The fourth-order valence-corrected chi connectivity index (χ4v) is 9.17. The van der Waals surface area contributed by atoms with E-state index < -0.39 is 108 Å². The van der Waals surface area contributed by atoms with E-state index in [1.165, 1.54) is 46.4 Å². The van der Waals surface area contributed by atoms with Crippen LogP contribution in [-0.4, -0.2) is 146 Å². The minimum absolute atomic E-state index is 0.00144. The van der Waals surface area contributed by atoms with E-state index in [4.69, 9.17) is 44.2 Å². The van der Waals surface area contributed by atoms with Gasteiger partial charge in [-0.3, -0.25) is 27.5 Å². The maximum Gasteiger partial charge on any atom is 0.472 e. The molecule has 3 aliphatic rings. The molecule has 0 saturated carbocycles. The topological polar surface area (TPSA) is 370 Å². The number of amides is 1. The Kier molecular flexibility index (Phi) is 15.2. The van der Waals surface area contributed by atoms with Crippen molar-refractivity contribution in [3.8, 4) is 0 Å². The predicted octanol–water partition coefficient (Wildman–Crippen LogP) is -0.0593. The van der Waals surface area contributed by atoms with Gasteiger partial charge in [0.1, 0.15) is 54.2 Å². The average Bonchev–Trinajstić information content (AvgIpc) is 4.12. The fourth-order valence-electron chi connectivity index (χ4n) is 7.30. The highest BCUT2D eigenvalue weighted by atomic mass is 32.1. The van der Waals surface area contributed by atoms with Crippen LogP contribution in [0.1, 0.15) is 43.8 Å². The highest BCUT2D eigenvalue weighted by Gasteiger charge is 2.54. The Morgan fingerprint density at radius 1 is 1.06 bits per heavy atom. The van der Waals surface area contributed by atoms with Gasteiger partial charge < -0.3 is 59.8 Å². The van der Waals surface area contributed by atoms with E-state index in [-0.39, 0.29) is 42.2 Å². The number of rotatable bonds is 20. The van der Waals surface area contributed by atoms with Crippen molar-refractivity contribution in [3.63, 3.8) is 0 Å². The number of nitrogens with zero attached hydrogens (tertiary/aromatic N) is 8. The van der Waals surface area contributed by atoms with Crippen LogP contribution in [0.15, 0.2) is 53.3 Å². The van der Waals surface area contributed by atoms with E-state index in [0.717, 1.165) is 10.9 Å². The Morgan fingerprint density at radius 2 is 1.82 bits per heavy atom. The summed E-state index contributed by atoms with van der Waals surface area (Å²) >= 11 is 1.26. The van der Waals surface area contributed by atoms with Crippen LogP contribution in [0.2, 0.25) is 0 Å². The summed E-state index contributed by atoms with van der Waals surface area (Å²) in [4.78, 5) is 92.2. The summed E-state index contributed by atoms with van der Waals surface area (Å²) in [5, 5.41) is 13.5. The van der Waals surface area contributed by atoms with Crippen LogP contribution in [-0.2, 0) is 62.4 Å². The van der Waals surface area contributed by atoms with Crippen LogP contribution >= 0.6 is 27.0 Å². The largest absolute Gasteiger partial charge is 0.472 e. The number of phosphoric ester groups is 2. The van der Waals surface area contributed by atoms with Gasteiger partial charge in [0.05, 0.1) is 30.7 Å². The highest BCUT2D eigenvalue weighted by Crippen LogP contribution is 2.51. The number of aliphatic hydroxyl groups excluding tert-OH is 1. The summed E-state index contributed by atoms with van der Waals surface area (Å²) in [6.07, 6.45) is -7.56. The SMILES string of the molecule is C=CCCC(=O)N(C)[C@H](Cc1cscn1)C(=O)OC1C(COP(=O)(O)O[C@H]2[C@@H](OC3CCCO3)[C@H](n3ccc(N)nc3=O)O[C@@H]2COP(=O)(O)O)OC(n2cnc3c(N)ncnc32)C1O. The molecule has 0 spiro atoms. The number of likely N-dealkylation sites (N-methyl/N-ethyl adjacent to an activating group) is 1. The van der Waals surface area contributed by atoms with E-state index in [0.29, 0.717) is 25.0 Å². The molecule has 3 saturated heterocycles. The number of allylic oxidation sites excluding steroid dienone is 1. The lowest BCUT2D eigenvalue weighted by molar-refractivity contribution is -0.181. The van der Waals surface area contributed by atoms with E-state index in [1.807, 2.05) is 0 Å². The Labute approximate surface area is 372 Å². The standard InChI is InChI=1S/C35H46N10O17P2S/c1-3-4-6-23(46)43(2)19(11-18-14-65-17-41-18)34(48)61-27-20(58-32(26(27)47)45-16-40-25-30(37)38-15-39-31(25)45)13-57-64(53,54)62-28-21(12-56-63(50,51)52)59-33(29(28)60-24-7-5-10-55-24)44-9-8-22(36)42-35(44)49/h3,8-9,14-17,19-21,24,26-29,32-33,47H,1,4-7,10-13H2,2H3,(H,53,54)(H2,36,42,49)(H2,37,38,39)(H2,50,51,52)/t19-,20?,21-,24?,26?,27?,28-,29-,32?,33-/m1/s1. The highest BCUT2D eigenvalue weighted by molar-refractivity contribution is 7.47. The number of thiazole rings is 1. The monoisotopic (exact) mass is 972 g/mol. The molecule has 30 heteroatoms. The van der Waals surface area contributed by atoms with Gasteiger partial charge in [0, 0.05) is 44.5 Å². The van der Waals surface area contributed by atoms with Gasteiger partial charge in [0.15, 0.2) is 36.3 Å². The fraction of sp³-hybridized carbons (Fsp3) is 0.543. The first-order valence-electron chi connectivity index (χ1n) is 19.8. The summed E-state index contributed by atoms with van der Waals surface area (Å²) in [5.74, 6) is -1.57. The van der Waals surface area contributed by atoms with Gasteiger partial charge in [-0.1, -0.05) is 6.08 Å². The second kappa shape index (κ2) is 20.5. The number of esters is 1. The van der Waals surface area contributed by atoms with Crippen LogP contribution in [0.3, 0.4) is 0 Å². The molecule has 11 atom stereocenters. The van der Waals surface area contributed by atoms with Gasteiger partial charge in [0.2, 0.25) is 5.91 Å². The molecule has 3 aliphatic heterocycles. The Hall–Kier alpha value is -4.64. The van der Waals surface area contributed by atoms with E-state index in [2.05, 4.69) is 36.0 Å². The summed E-state index contributed by atoms with van der Waals surface area (Å²) in [6.45, 7) is 2.03. The van der Waals surface area contributed by atoms with Gasteiger partial charge in [-0.25, -0.2) is 38.7 Å². The quantitative estimate of drug-likeness (QED) is 0.0384. The summed E-state index contributed by atoms with van der Waals surface area (Å²) in [6, 6.07) is -0.0204. The van der Waals surface area contributed by atoms with Crippen LogP contribution < -0.4 is 17.2 Å². The lowest BCUT2D eigenvalue weighted by atomic mass is 10.1. The number of anilines is 2. The van der Waals surface area contributed by atoms with Crippen LogP contribution in [0.4, 0.5) is 11.6 Å². The van der Waals surface area contributed by atoms with Gasteiger partial charge in [-0.2, -0.15) is 4.98 Å². The number of carbonyl (C=O) groups excluding carboxylic acids is 2. The van der Waals surface area contributed by atoms with Crippen LogP contribution in [0.25, 0.3) is 11.2 Å². The van der Waals surface area contributed by atoms with Gasteiger partial charge in [-0.15, -0.1) is 17.9 Å². The third-order valence-electron chi connectivity index (χ3n) is 10.5. The maximum atomic E-state index is 14.2. The maximum absolute atomic E-state index is 14.2. The zero-order valence-electron chi connectivity index (χ0n) is 34.3. The number of carbonyl (C=O) groups is 2. The second-order valence-electron chi connectivity index (χ2n) is 14.8. The molecule has 7 heterocycles. The predicted molar refractivity (Wildman–Crippen MR) is 221 cm³/mol. The second-order valence-corrected chi connectivity index (χ2v) is 18.2. The molecule has 3 fully saturated rings. The Morgan fingerprint density at radius 3 is 2.51 bits per heavy atom. The number of hydrogen-bond donors (Lipinski definition) is 6. The van der Waals surface area contributed by atoms with Gasteiger partial charge in [-0.05, 0) is 18.9 Å². The normalized spacial score (nSPS) is 27.1. The van der Waals surface area contributed by atoms with Gasteiger partial charge in [0.25, 0.3) is 0 Å². The van der Waals surface area contributed by atoms with E-state index in [1.54, 1.807) is 17.0 Å². The third-order valence-corrected chi connectivity index (χ3v) is 12.6. The van der Waals surface area contributed by atoms with E-state index in [9.17, 15) is 43.3 Å². The zero-order valence-corrected chi connectivity index (χ0v) is 36.9. The molecular formula is C35H46N10O17P2S. The lowest BCUT2D eigenvalue weighted by Crippen LogP contribution is -2.48. The molecule has 65 heavy (non-hydrogen) atoms. The molecule has 0 radical (unpaired) electrons. The first-order chi connectivity index (χ1) is 30.9. The average molecular weight is 973 g/mol. The van der Waals surface area contributed by atoms with Gasteiger partial charge >= 0.3 is 27.3 Å². The Balaban J connectivity index is 1.17. The molecule has 4 aromatic rings. The number of hydrogen-bond acceptors (Lipinski definition) is 22. The number of nitrogen functional groups attached to an aromatic ring is 2. The number of nitrogens with two attached hydrogens (primary N) is 2. The molecule has 0 bridgehead atoms. The first kappa shape index (κ1) is 48.3. The molecule has 354 valence electrons. The number of fused-ring (bicyclic) bond motifs is 1. The first-order valence-corrected chi connectivity index (χ1v) is 23.7. The number of ether oxygens (including phenoxy) is 5. The summed E-state index contributed by atoms with van der Waals surface area (Å²) in [5.41, 5.74) is 13.0. The third kappa shape index (κ3) is 11.5. The number of imidazole rings is 1. The lowest BCUT2D eigenvalue weighted by Gasteiger charge is -2.30. The number of phosphoric acid groups is 2. The molecule has 27 nitrogen and oxygen atoms in total. The summed E-state index contributed by atoms with van der Waals surface area (Å²) in [7, 11) is -9.20. The van der Waals surface area contributed by atoms with Crippen molar-refractivity contribution in [2.24, 2.45) is 0 Å². The van der Waals surface area contributed by atoms with Crippen LogP contribution in [0.5, 0.6) is 0 Å². The van der Waals surface area contributed by atoms with Crippen LogP contribution in [0, 0.1) is 0 Å². The van der Waals surface area contributed by atoms with Crippen molar-refractivity contribution < 1.29 is 75.8 Å². The van der Waals surface area contributed by atoms with Crippen molar-refractivity contribution in [2.75, 3.05) is 38.3 Å². The zero-order chi connectivity index (χ0) is 46.6. The molecule has 1 amide bonds. The minimum atomic E-state index is -5.42. The van der Waals surface area contributed by atoms with Crippen molar-refractivity contribution in [2.45, 2.75) is 93.5 Å². The number of aromatic nitrogens is 7. The van der Waals surface area contributed by atoms with Crippen molar-refractivity contribution in [3.05, 3.63) is 64.6 Å². The van der Waals surface area contributed by atoms with Crippen molar-refractivity contribution in [1.29, 1.82) is 0 Å². The molecule has 7 rings (SSSR count). The smallest absolute Gasteiger partial charge is 0.455 e. The molecule has 8 N–H and O–H groups in total. The summed E-state index contributed by atoms with van der Waals surface area (Å²) < 4.78 is 73.5. The van der Waals surface area contributed by atoms with Crippen molar-refractivity contribution >= 4 is 61.7 Å². The Bertz CT molecular complexity index is 2470. The number of aliphatic hydroxyl groups is 1. The molecule has 4 aromatic heterocycles. The minimum Gasteiger partial charge on any atom is -0.455 e. The molecule has 6 unspecified atom stereocenters. The molecular weight excluding hydrogens is 926 g/mol. The molecule has 0 aromatic carbocycles. The van der Waals surface area contributed by atoms with E-state index >= 15 is 0 Å². The molecule has 0 aliphatic carbocycles.